The van der Waals surface area contributed by atoms with Crippen LogP contribution in [0.1, 0.15) is 17.7 Å². The van der Waals surface area contributed by atoms with Crippen molar-refractivity contribution in [2.24, 2.45) is 7.05 Å². The van der Waals surface area contributed by atoms with Crippen LogP contribution < -0.4 is 5.32 Å². The summed E-state index contributed by atoms with van der Waals surface area (Å²) in [6, 6.07) is 11.2. The van der Waals surface area contributed by atoms with Gasteiger partial charge in [-0.3, -0.25) is 4.79 Å². The van der Waals surface area contributed by atoms with E-state index in [0.29, 0.717) is 45.0 Å². The highest BCUT2D eigenvalue weighted by Crippen LogP contribution is 2.12. The first kappa shape index (κ1) is 24.4. The van der Waals surface area contributed by atoms with Crippen molar-refractivity contribution in [2.45, 2.75) is 19.9 Å². The Bertz CT molecular complexity index is 836. The summed E-state index contributed by atoms with van der Waals surface area (Å²) in [5.41, 5.74) is 2.77. The summed E-state index contributed by atoms with van der Waals surface area (Å²) in [6.07, 6.45) is 2.58. The number of rotatable bonds is 12. The highest BCUT2D eigenvalue weighted by Gasteiger charge is 2.22. The van der Waals surface area contributed by atoms with E-state index in [2.05, 4.69) is 5.32 Å². The Morgan fingerprint density at radius 1 is 1.03 bits per heavy atom. The van der Waals surface area contributed by atoms with Gasteiger partial charge in [-0.1, -0.05) is 12.1 Å². The molecule has 0 aliphatic heterocycles. The van der Waals surface area contributed by atoms with Gasteiger partial charge in [-0.25, -0.2) is 4.79 Å². The first-order chi connectivity index (χ1) is 14.9. The summed E-state index contributed by atoms with van der Waals surface area (Å²) in [6.45, 7) is 4.21. The number of urea groups is 1. The number of aryl methyl sites for hydroxylation is 2. The lowest BCUT2D eigenvalue weighted by Crippen LogP contribution is -2.45. The first-order valence-corrected chi connectivity index (χ1v) is 10.4. The number of amides is 3. The number of ether oxygens (including phenoxy) is 2. The van der Waals surface area contributed by atoms with Crippen molar-refractivity contribution in [2.75, 3.05) is 52.4 Å². The number of nitrogens with one attached hydrogen (secondary N) is 1. The molecule has 0 aliphatic rings. The maximum Gasteiger partial charge on any atom is 0.322 e. The second kappa shape index (κ2) is 12.8. The largest absolute Gasteiger partial charge is 0.385 e. The van der Waals surface area contributed by atoms with E-state index in [-0.39, 0.29) is 18.5 Å². The molecule has 1 heterocycles. The van der Waals surface area contributed by atoms with Crippen molar-refractivity contribution in [3.05, 3.63) is 53.9 Å². The van der Waals surface area contributed by atoms with Crippen molar-refractivity contribution in [1.82, 2.24) is 14.4 Å². The van der Waals surface area contributed by atoms with Gasteiger partial charge in [0, 0.05) is 58.5 Å². The third-order valence-electron chi connectivity index (χ3n) is 4.98. The summed E-state index contributed by atoms with van der Waals surface area (Å²) < 4.78 is 12.3. The zero-order chi connectivity index (χ0) is 22.6. The number of hydrogen-bond donors (Lipinski definition) is 1. The molecule has 8 heteroatoms. The maximum atomic E-state index is 13.1. The standard InChI is InChI=1S/C23H34N4O4/c1-19-8-5-9-20(16-19)24-23(29)27(12-7-14-30-3)18-22(28)26(13-15-31-4)17-21-10-6-11-25(21)2/h5-6,8-11,16H,7,12-15,17-18H2,1-4H3,(H,24,29). The highest BCUT2D eigenvalue weighted by molar-refractivity contribution is 5.92. The van der Waals surface area contributed by atoms with E-state index in [0.717, 1.165) is 11.3 Å². The van der Waals surface area contributed by atoms with Crippen molar-refractivity contribution >= 4 is 17.6 Å². The van der Waals surface area contributed by atoms with Crippen molar-refractivity contribution < 1.29 is 19.1 Å². The molecule has 0 saturated heterocycles. The molecule has 2 rings (SSSR count). The molecule has 3 amide bonds. The quantitative estimate of drug-likeness (QED) is 0.526. The van der Waals surface area contributed by atoms with Crippen LogP contribution in [0.2, 0.25) is 0 Å². The van der Waals surface area contributed by atoms with Gasteiger partial charge in [0.2, 0.25) is 5.91 Å². The van der Waals surface area contributed by atoms with Crippen LogP contribution in [0.5, 0.6) is 0 Å². The fraction of sp³-hybridized carbons (Fsp3) is 0.478. The highest BCUT2D eigenvalue weighted by atomic mass is 16.5. The van der Waals surface area contributed by atoms with Gasteiger partial charge in [-0.05, 0) is 43.2 Å². The van der Waals surface area contributed by atoms with Gasteiger partial charge in [0.15, 0.2) is 0 Å². The molecule has 1 aromatic carbocycles. The van der Waals surface area contributed by atoms with E-state index in [1.54, 1.807) is 19.1 Å². The predicted octanol–water partition coefficient (Wildman–Crippen LogP) is 2.88. The van der Waals surface area contributed by atoms with Crippen LogP contribution in [0, 0.1) is 6.92 Å². The normalized spacial score (nSPS) is 10.7. The van der Waals surface area contributed by atoms with Crippen LogP contribution in [0.4, 0.5) is 10.5 Å². The molecule has 1 aromatic heterocycles. The second-order valence-corrected chi connectivity index (χ2v) is 7.49. The third-order valence-corrected chi connectivity index (χ3v) is 4.98. The fourth-order valence-corrected chi connectivity index (χ4v) is 3.19. The van der Waals surface area contributed by atoms with Gasteiger partial charge in [0.25, 0.3) is 0 Å². The van der Waals surface area contributed by atoms with Gasteiger partial charge in [-0.2, -0.15) is 0 Å². The Morgan fingerprint density at radius 3 is 2.45 bits per heavy atom. The van der Waals surface area contributed by atoms with E-state index in [9.17, 15) is 9.59 Å². The third kappa shape index (κ3) is 8.07. The average Bonchev–Trinajstić information content (AvgIpc) is 3.14. The summed E-state index contributed by atoms with van der Waals surface area (Å²) in [4.78, 5) is 29.3. The lowest BCUT2D eigenvalue weighted by Gasteiger charge is -2.28. The van der Waals surface area contributed by atoms with E-state index in [1.807, 2.05) is 61.1 Å². The van der Waals surface area contributed by atoms with E-state index < -0.39 is 0 Å². The molecule has 31 heavy (non-hydrogen) atoms. The summed E-state index contributed by atoms with van der Waals surface area (Å²) in [5, 5.41) is 2.90. The number of anilines is 1. The molecule has 0 radical (unpaired) electrons. The van der Waals surface area contributed by atoms with Gasteiger partial charge in [0.05, 0.1) is 13.2 Å². The van der Waals surface area contributed by atoms with Gasteiger partial charge in [-0.15, -0.1) is 0 Å². The van der Waals surface area contributed by atoms with Crippen LogP contribution >= 0.6 is 0 Å². The van der Waals surface area contributed by atoms with Gasteiger partial charge < -0.3 is 29.2 Å². The molecule has 0 bridgehead atoms. The van der Waals surface area contributed by atoms with Crippen LogP contribution in [0.15, 0.2) is 42.6 Å². The minimum absolute atomic E-state index is 0.0184. The average molecular weight is 431 g/mol. The summed E-state index contributed by atoms with van der Waals surface area (Å²) in [7, 11) is 5.17. The molecule has 2 aromatic rings. The Labute approximate surface area is 184 Å². The molecule has 0 saturated carbocycles. The molecule has 8 nitrogen and oxygen atoms in total. The van der Waals surface area contributed by atoms with Crippen LogP contribution in [-0.4, -0.2) is 73.4 Å². The predicted molar refractivity (Wildman–Crippen MR) is 121 cm³/mol. The van der Waals surface area contributed by atoms with E-state index in [1.165, 1.54) is 4.90 Å². The molecular formula is C23H34N4O4. The number of carbonyl (C=O) groups is 2. The minimum Gasteiger partial charge on any atom is -0.385 e. The smallest absolute Gasteiger partial charge is 0.322 e. The lowest BCUT2D eigenvalue weighted by molar-refractivity contribution is -0.133. The van der Waals surface area contributed by atoms with Gasteiger partial charge >= 0.3 is 6.03 Å². The summed E-state index contributed by atoms with van der Waals surface area (Å²) in [5.74, 6) is -0.130. The Morgan fingerprint density at radius 2 is 1.81 bits per heavy atom. The number of carbonyl (C=O) groups excluding carboxylic acids is 2. The molecule has 0 unspecified atom stereocenters. The number of benzene rings is 1. The zero-order valence-corrected chi connectivity index (χ0v) is 19.0. The molecular weight excluding hydrogens is 396 g/mol. The monoisotopic (exact) mass is 430 g/mol. The molecule has 0 fully saturated rings. The molecule has 0 aliphatic carbocycles. The van der Waals surface area contributed by atoms with Crippen molar-refractivity contribution in [3.8, 4) is 0 Å². The van der Waals surface area contributed by atoms with Gasteiger partial charge in [0.1, 0.15) is 6.54 Å². The van der Waals surface area contributed by atoms with E-state index >= 15 is 0 Å². The number of aromatic nitrogens is 1. The molecule has 1 N–H and O–H groups in total. The van der Waals surface area contributed by atoms with Crippen LogP contribution in [0.25, 0.3) is 0 Å². The van der Waals surface area contributed by atoms with Crippen LogP contribution in [0.3, 0.4) is 0 Å². The SMILES string of the molecule is COCCCN(CC(=O)N(CCOC)Cc1cccn1C)C(=O)Nc1cccc(C)c1. The number of methoxy groups -OCH3 is 2. The number of nitrogens with zero attached hydrogens (tertiary/aromatic N) is 3. The number of hydrogen-bond acceptors (Lipinski definition) is 4. The topological polar surface area (TPSA) is 76.0 Å². The van der Waals surface area contributed by atoms with E-state index in [4.69, 9.17) is 9.47 Å². The zero-order valence-electron chi connectivity index (χ0n) is 19.0. The second-order valence-electron chi connectivity index (χ2n) is 7.49. The first-order valence-electron chi connectivity index (χ1n) is 10.4. The maximum absolute atomic E-state index is 13.1. The molecule has 0 spiro atoms. The molecule has 0 atom stereocenters. The molecule has 170 valence electrons. The van der Waals surface area contributed by atoms with Crippen molar-refractivity contribution in [3.63, 3.8) is 0 Å². The minimum atomic E-state index is -0.305. The van der Waals surface area contributed by atoms with Crippen LogP contribution in [-0.2, 0) is 27.9 Å². The Kier molecular flexibility index (Phi) is 10.1. The summed E-state index contributed by atoms with van der Waals surface area (Å²) >= 11 is 0. The van der Waals surface area contributed by atoms with Crippen molar-refractivity contribution in [1.29, 1.82) is 0 Å². The Balaban J connectivity index is 2.10. The fourth-order valence-electron chi connectivity index (χ4n) is 3.19. The lowest BCUT2D eigenvalue weighted by atomic mass is 10.2. The Hall–Kier alpha value is -2.84.